The molecule has 0 aromatic heterocycles. The monoisotopic (exact) mass is 281 g/mol. The van der Waals surface area contributed by atoms with Gasteiger partial charge in [0.05, 0.1) is 0 Å². The number of benzene rings is 2. The Morgan fingerprint density at radius 1 is 1.15 bits per heavy atom. The molecule has 0 heterocycles. The predicted molar refractivity (Wildman–Crippen MR) is 74.0 cm³/mol. The molecule has 0 fully saturated rings. The molecule has 2 aromatic rings. The highest BCUT2D eigenvalue weighted by atomic mass is 19.3. The fourth-order valence-corrected chi connectivity index (χ4v) is 2.12. The van der Waals surface area contributed by atoms with Crippen molar-refractivity contribution >= 4 is 10.8 Å². The van der Waals surface area contributed by atoms with Crippen LogP contribution in [0, 0.1) is 0 Å². The maximum Gasteiger partial charge on any atom is 0.265 e. The Bertz CT molecular complexity index is 589. The minimum Gasteiger partial charge on any atom is -0.507 e. The van der Waals surface area contributed by atoms with Crippen LogP contribution in [0.25, 0.3) is 10.8 Å². The van der Waals surface area contributed by atoms with Crippen molar-refractivity contribution in [3.05, 3.63) is 42.0 Å². The molecule has 0 aliphatic carbocycles. The molecule has 0 amide bonds. The molecular formula is C15H17F2NO2. The van der Waals surface area contributed by atoms with Crippen molar-refractivity contribution in [2.75, 3.05) is 6.54 Å². The van der Waals surface area contributed by atoms with Gasteiger partial charge in [0.15, 0.2) is 0 Å². The van der Waals surface area contributed by atoms with Gasteiger partial charge in [-0.15, -0.1) is 0 Å². The lowest BCUT2D eigenvalue weighted by atomic mass is 10.0. The molecule has 2 unspecified atom stereocenters. The summed E-state index contributed by atoms with van der Waals surface area (Å²) in [4.78, 5) is 0. The van der Waals surface area contributed by atoms with Gasteiger partial charge in [-0.05, 0) is 12.3 Å². The summed E-state index contributed by atoms with van der Waals surface area (Å²) < 4.78 is 24.5. The molecule has 0 spiro atoms. The number of aromatic hydroxyl groups is 1. The zero-order valence-electron chi connectivity index (χ0n) is 11.1. The first-order chi connectivity index (χ1) is 9.50. The molecule has 2 aromatic carbocycles. The molecule has 108 valence electrons. The van der Waals surface area contributed by atoms with Crippen molar-refractivity contribution in [3.63, 3.8) is 0 Å². The second-order valence-corrected chi connectivity index (χ2v) is 4.76. The van der Waals surface area contributed by atoms with Crippen molar-refractivity contribution in [1.82, 2.24) is 5.32 Å². The molecule has 20 heavy (non-hydrogen) atoms. The Morgan fingerprint density at radius 3 is 2.55 bits per heavy atom. The van der Waals surface area contributed by atoms with Crippen LogP contribution in [0.5, 0.6) is 5.75 Å². The fourth-order valence-electron chi connectivity index (χ4n) is 2.12. The van der Waals surface area contributed by atoms with E-state index >= 15 is 0 Å². The molecule has 0 saturated heterocycles. The standard InChI is InChI=1S/C15H17F2NO2/c1-9(18-8-13(19)15(16)17)11-7-6-10-4-2-3-5-12(10)14(11)20/h2-7,9,13,15,18-20H,8H2,1H3. The lowest BCUT2D eigenvalue weighted by Gasteiger charge is -2.19. The molecule has 0 aliphatic rings. The maximum atomic E-state index is 12.2. The minimum absolute atomic E-state index is 0.134. The first-order valence-corrected chi connectivity index (χ1v) is 6.41. The van der Waals surface area contributed by atoms with Crippen LogP contribution in [0.1, 0.15) is 18.5 Å². The number of phenolic OH excluding ortho intramolecular Hbond substituents is 1. The number of aliphatic hydroxyl groups is 1. The molecule has 0 radical (unpaired) electrons. The maximum absolute atomic E-state index is 12.2. The highest BCUT2D eigenvalue weighted by Crippen LogP contribution is 2.32. The molecule has 5 heteroatoms. The summed E-state index contributed by atoms with van der Waals surface area (Å²) >= 11 is 0. The first-order valence-electron chi connectivity index (χ1n) is 6.41. The largest absolute Gasteiger partial charge is 0.507 e. The van der Waals surface area contributed by atoms with Crippen molar-refractivity contribution in [3.8, 4) is 5.75 Å². The van der Waals surface area contributed by atoms with Gasteiger partial charge < -0.3 is 15.5 Å². The number of fused-ring (bicyclic) bond motifs is 1. The van der Waals surface area contributed by atoms with E-state index in [1.54, 1.807) is 19.1 Å². The van der Waals surface area contributed by atoms with E-state index in [2.05, 4.69) is 5.32 Å². The summed E-state index contributed by atoms with van der Waals surface area (Å²) in [6, 6.07) is 10.7. The van der Waals surface area contributed by atoms with Gasteiger partial charge in [0.25, 0.3) is 6.43 Å². The summed E-state index contributed by atoms with van der Waals surface area (Å²) in [6.07, 6.45) is -4.49. The Hall–Kier alpha value is -1.72. The number of nitrogens with one attached hydrogen (secondary N) is 1. The van der Waals surface area contributed by atoms with Crippen molar-refractivity contribution < 1.29 is 19.0 Å². The van der Waals surface area contributed by atoms with E-state index in [0.717, 1.165) is 5.39 Å². The fraction of sp³-hybridized carbons (Fsp3) is 0.333. The number of aliphatic hydroxyl groups excluding tert-OH is 1. The Morgan fingerprint density at radius 2 is 1.85 bits per heavy atom. The van der Waals surface area contributed by atoms with E-state index < -0.39 is 12.5 Å². The van der Waals surface area contributed by atoms with Gasteiger partial charge in [-0.2, -0.15) is 0 Å². The molecule has 3 nitrogen and oxygen atoms in total. The number of phenols is 1. The highest BCUT2D eigenvalue weighted by Gasteiger charge is 2.19. The van der Waals surface area contributed by atoms with E-state index in [1.807, 2.05) is 24.3 Å². The molecule has 0 bridgehead atoms. The second-order valence-electron chi connectivity index (χ2n) is 4.76. The number of alkyl halides is 2. The molecular weight excluding hydrogens is 264 g/mol. The third-order valence-corrected chi connectivity index (χ3v) is 3.32. The van der Waals surface area contributed by atoms with E-state index in [1.165, 1.54) is 0 Å². The lowest BCUT2D eigenvalue weighted by Crippen LogP contribution is -2.33. The smallest absolute Gasteiger partial charge is 0.265 e. The normalized spacial score (nSPS) is 14.7. The third-order valence-electron chi connectivity index (χ3n) is 3.32. The second kappa shape index (κ2) is 6.15. The highest BCUT2D eigenvalue weighted by molar-refractivity contribution is 5.89. The Labute approximate surface area is 115 Å². The summed E-state index contributed by atoms with van der Waals surface area (Å²) in [7, 11) is 0. The van der Waals surface area contributed by atoms with Crippen LogP contribution in [0.15, 0.2) is 36.4 Å². The quantitative estimate of drug-likeness (QED) is 0.790. The summed E-state index contributed by atoms with van der Waals surface area (Å²) in [5.41, 5.74) is 0.616. The van der Waals surface area contributed by atoms with E-state index in [4.69, 9.17) is 5.11 Å². The van der Waals surface area contributed by atoms with Gasteiger partial charge >= 0.3 is 0 Å². The van der Waals surface area contributed by atoms with Crippen LogP contribution in [0.2, 0.25) is 0 Å². The molecule has 0 saturated carbocycles. The minimum atomic E-state index is -2.78. The van der Waals surface area contributed by atoms with Gasteiger partial charge in [-0.3, -0.25) is 0 Å². The van der Waals surface area contributed by atoms with E-state index in [9.17, 15) is 13.9 Å². The van der Waals surface area contributed by atoms with Gasteiger partial charge in [0.1, 0.15) is 11.9 Å². The number of rotatable bonds is 5. The summed E-state index contributed by atoms with van der Waals surface area (Å²) in [5, 5.41) is 23.8. The SMILES string of the molecule is CC(NCC(O)C(F)F)c1ccc2ccccc2c1O. The van der Waals surface area contributed by atoms with E-state index in [-0.39, 0.29) is 18.3 Å². The average Bonchev–Trinajstić information content (AvgIpc) is 2.45. The zero-order valence-corrected chi connectivity index (χ0v) is 11.1. The van der Waals surface area contributed by atoms with Crippen LogP contribution in [-0.4, -0.2) is 29.3 Å². The van der Waals surface area contributed by atoms with E-state index in [0.29, 0.717) is 10.9 Å². The molecule has 2 rings (SSSR count). The molecule has 0 aliphatic heterocycles. The topological polar surface area (TPSA) is 52.5 Å². The number of hydrogen-bond donors (Lipinski definition) is 3. The van der Waals surface area contributed by atoms with Crippen LogP contribution in [0.4, 0.5) is 8.78 Å². The lowest BCUT2D eigenvalue weighted by molar-refractivity contribution is -0.00441. The Kier molecular flexibility index (Phi) is 4.52. The zero-order chi connectivity index (χ0) is 14.7. The van der Waals surface area contributed by atoms with Crippen molar-refractivity contribution in [1.29, 1.82) is 0 Å². The van der Waals surface area contributed by atoms with Gasteiger partial charge in [0, 0.05) is 23.5 Å². The van der Waals surface area contributed by atoms with Crippen molar-refractivity contribution in [2.45, 2.75) is 25.5 Å². The predicted octanol–water partition coefficient (Wildman–Crippen LogP) is 2.82. The van der Waals surface area contributed by atoms with Crippen LogP contribution in [0.3, 0.4) is 0 Å². The number of hydrogen-bond acceptors (Lipinski definition) is 3. The summed E-state index contributed by atoms with van der Waals surface area (Å²) in [5.74, 6) is 0.134. The van der Waals surface area contributed by atoms with Crippen LogP contribution < -0.4 is 5.32 Å². The number of halogens is 2. The first kappa shape index (κ1) is 14.7. The van der Waals surface area contributed by atoms with Crippen molar-refractivity contribution in [2.24, 2.45) is 0 Å². The Balaban J connectivity index is 2.18. The van der Waals surface area contributed by atoms with Crippen LogP contribution >= 0.6 is 0 Å². The molecule has 2 atom stereocenters. The van der Waals surface area contributed by atoms with Gasteiger partial charge in [-0.25, -0.2) is 8.78 Å². The average molecular weight is 281 g/mol. The van der Waals surface area contributed by atoms with Gasteiger partial charge in [-0.1, -0.05) is 36.4 Å². The molecule has 3 N–H and O–H groups in total. The third kappa shape index (κ3) is 3.05. The van der Waals surface area contributed by atoms with Gasteiger partial charge in [0.2, 0.25) is 0 Å². The van der Waals surface area contributed by atoms with Crippen LogP contribution in [-0.2, 0) is 0 Å². The summed E-state index contributed by atoms with van der Waals surface area (Å²) in [6.45, 7) is 1.52.